The summed E-state index contributed by atoms with van der Waals surface area (Å²) in [5.41, 5.74) is 17.8. The molecule has 0 fully saturated rings. The molecule has 0 atom stereocenters. The maximum absolute atomic E-state index is 6.65. The van der Waals surface area contributed by atoms with Crippen LogP contribution in [-0.2, 0) is 10.8 Å². The van der Waals surface area contributed by atoms with Crippen molar-refractivity contribution >= 4 is 17.1 Å². The number of para-hydroxylation sites is 2. The van der Waals surface area contributed by atoms with Crippen molar-refractivity contribution in [1.29, 1.82) is 0 Å². The van der Waals surface area contributed by atoms with Gasteiger partial charge in [-0.25, -0.2) is 0 Å². The Morgan fingerprint density at radius 1 is 0.389 bits per heavy atom. The van der Waals surface area contributed by atoms with Crippen molar-refractivity contribution in [3.05, 3.63) is 221 Å². The fourth-order valence-corrected chi connectivity index (χ4v) is 9.92. The minimum Gasteiger partial charge on any atom is -0.457 e. The summed E-state index contributed by atoms with van der Waals surface area (Å²) in [7, 11) is 0. The summed E-state index contributed by atoms with van der Waals surface area (Å²) in [5.74, 6) is 1.80. The number of anilines is 3. The first kappa shape index (κ1) is 30.9. The molecule has 11 rings (SSSR count). The quantitative estimate of drug-likeness (QED) is 0.182. The molecule has 0 saturated carbocycles. The molecule has 1 aliphatic heterocycles. The summed E-state index contributed by atoms with van der Waals surface area (Å²) in [6, 6.07) is 68.7. The zero-order chi connectivity index (χ0) is 36.0. The number of rotatable bonds is 4. The summed E-state index contributed by atoms with van der Waals surface area (Å²) in [5, 5.41) is 0. The molecule has 0 radical (unpaired) electrons. The third-order valence-electron chi connectivity index (χ3n) is 12.1. The van der Waals surface area contributed by atoms with E-state index in [1.54, 1.807) is 0 Å². The molecule has 2 heteroatoms. The predicted octanol–water partition coefficient (Wildman–Crippen LogP) is 13.6. The molecule has 8 aromatic carbocycles. The van der Waals surface area contributed by atoms with Crippen LogP contribution < -0.4 is 9.64 Å². The van der Waals surface area contributed by atoms with Crippen molar-refractivity contribution in [2.45, 2.75) is 24.7 Å². The molecular weight excluding hydrogens is 655 g/mol. The third-order valence-corrected chi connectivity index (χ3v) is 12.1. The van der Waals surface area contributed by atoms with Gasteiger partial charge in [-0.2, -0.15) is 0 Å². The van der Waals surface area contributed by atoms with Gasteiger partial charge in [0.25, 0.3) is 0 Å². The monoisotopic (exact) mass is 691 g/mol. The van der Waals surface area contributed by atoms with Gasteiger partial charge in [-0.05, 0) is 86.5 Å². The summed E-state index contributed by atoms with van der Waals surface area (Å²) < 4.78 is 6.65. The zero-order valence-corrected chi connectivity index (χ0v) is 30.3. The van der Waals surface area contributed by atoms with E-state index in [4.69, 9.17) is 4.74 Å². The fourth-order valence-electron chi connectivity index (χ4n) is 9.92. The Bertz CT molecular complexity index is 2730. The highest BCUT2D eigenvalue weighted by Crippen LogP contribution is 2.64. The maximum atomic E-state index is 6.65. The molecule has 2 aliphatic carbocycles. The van der Waals surface area contributed by atoms with Crippen molar-refractivity contribution in [3.63, 3.8) is 0 Å². The molecule has 3 aliphatic rings. The lowest BCUT2D eigenvalue weighted by molar-refractivity contribution is 0.436. The lowest BCUT2D eigenvalue weighted by atomic mass is 9.66. The second-order valence-electron chi connectivity index (χ2n) is 15.2. The summed E-state index contributed by atoms with van der Waals surface area (Å²) in [4.78, 5) is 2.53. The van der Waals surface area contributed by atoms with Crippen LogP contribution in [0.2, 0.25) is 0 Å². The van der Waals surface area contributed by atoms with Gasteiger partial charge in [-0.3, -0.25) is 0 Å². The minimum atomic E-state index is -0.551. The van der Waals surface area contributed by atoms with E-state index in [0.29, 0.717) is 0 Å². The summed E-state index contributed by atoms with van der Waals surface area (Å²) in [6.45, 7) is 4.76. The van der Waals surface area contributed by atoms with Crippen LogP contribution >= 0.6 is 0 Å². The van der Waals surface area contributed by atoms with E-state index in [0.717, 1.165) is 22.9 Å². The van der Waals surface area contributed by atoms with Gasteiger partial charge >= 0.3 is 0 Å². The van der Waals surface area contributed by atoms with Gasteiger partial charge in [0.2, 0.25) is 0 Å². The number of nitrogens with zero attached hydrogens (tertiary/aromatic N) is 1. The van der Waals surface area contributed by atoms with Gasteiger partial charge in [0.1, 0.15) is 11.5 Å². The first-order chi connectivity index (χ1) is 26.6. The van der Waals surface area contributed by atoms with Gasteiger partial charge < -0.3 is 9.64 Å². The minimum absolute atomic E-state index is 0.208. The maximum Gasteiger partial charge on any atom is 0.132 e. The van der Waals surface area contributed by atoms with Crippen molar-refractivity contribution < 1.29 is 4.74 Å². The van der Waals surface area contributed by atoms with E-state index in [-0.39, 0.29) is 5.41 Å². The van der Waals surface area contributed by atoms with Gasteiger partial charge in [0.05, 0.1) is 16.8 Å². The van der Waals surface area contributed by atoms with Gasteiger partial charge in [0, 0.05) is 27.8 Å². The molecule has 54 heavy (non-hydrogen) atoms. The number of hydrogen-bond donors (Lipinski definition) is 0. The number of ether oxygens (including phenoxy) is 1. The highest BCUT2D eigenvalue weighted by molar-refractivity contribution is 6.00. The smallest absolute Gasteiger partial charge is 0.132 e. The standard InChI is InChI=1S/C52H37NO/c1-51(2)40-21-8-6-18-37(40)38-20-14-27-46(50(38)51)53(36-32-30-35(31-33-36)34-16-4-3-5-17-34)45-26-15-25-44-49(45)39-19-7-9-22-41(39)52(44)42-23-10-12-28-47(42)54-48-29-13-11-24-43(48)52/h3-33H,1-2H3. The van der Waals surface area contributed by atoms with Crippen molar-refractivity contribution in [2.75, 3.05) is 4.90 Å². The Labute approximate surface area is 316 Å². The zero-order valence-electron chi connectivity index (χ0n) is 30.3. The van der Waals surface area contributed by atoms with E-state index in [1.165, 1.54) is 72.4 Å². The van der Waals surface area contributed by atoms with Crippen LogP contribution in [0.4, 0.5) is 17.1 Å². The molecule has 0 bridgehead atoms. The first-order valence-corrected chi connectivity index (χ1v) is 18.9. The van der Waals surface area contributed by atoms with Crippen molar-refractivity contribution in [1.82, 2.24) is 0 Å². The molecular formula is C52H37NO. The molecule has 0 aromatic heterocycles. The number of benzene rings is 8. The second-order valence-corrected chi connectivity index (χ2v) is 15.2. The highest BCUT2D eigenvalue weighted by Gasteiger charge is 2.52. The SMILES string of the molecule is CC1(C)c2ccccc2-c2cccc(N(c3ccc(-c4ccccc4)cc3)c3cccc4c3-c3ccccc3C43c4ccccc4Oc4ccccc43)c21. The van der Waals surface area contributed by atoms with Crippen LogP contribution in [0.1, 0.15) is 47.2 Å². The summed E-state index contributed by atoms with van der Waals surface area (Å²) >= 11 is 0. The Morgan fingerprint density at radius 3 is 1.63 bits per heavy atom. The van der Waals surface area contributed by atoms with E-state index in [1.807, 2.05) is 0 Å². The van der Waals surface area contributed by atoms with E-state index in [9.17, 15) is 0 Å². The van der Waals surface area contributed by atoms with E-state index in [2.05, 4.69) is 207 Å². The average Bonchev–Trinajstić information content (AvgIpc) is 3.65. The van der Waals surface area contributed by atoms with E-state index < -0.39 is 5.41 Å². The van der Waals surface area contributed by atoms with Crippen LogP contribution in [0.15, 0.2) is 188 Å². The van der Waals surface area contributed by atoms with Gasteiger partial charge in [-0.1, -0.05) is 166 Å². The first-order valence-electron chi connectivity index (χ1n) is 18.9. The molecule has 0 amide bonds. The van der Waals surface area contributed by atoms with Crippen LogP contribution in [0.5, 0.6) is 11.5 Å². The topological polar surface area (TPSA) is 12.5 Å². The normalized spacial score (nSPS) is 14.6. The molecule has 0 saturated heterocycles. The summed E-state index contributed by atoms with van der Waals surface area (Å²) in [6.07, 6.45) is 0. The lowest BCUT2D eigenvalue weighted by Gasteiger charge is -2.39. The lowest BCUT2D eigenvalue weighted by Crippen LogP contribution is -2.32. The highest BCUT2D eigenvalue weighted by atomic mass is 16.5. The second kappa shape index (κ2) is 11.4. The van der Waals surface area contributed by atoms with Crippen LogP contribution in [0, 0.1) is 0 Å². The number of fused-ring (bicyclic) bond motifs is 12. The molecule has 1 heterocycles. The third kappa shape index (κ3) is 4.11. The predicted molar refractivity (Wildman–Crippen MR) is 222 cm³/mol. The van der Waals surface area contributed by atoms with Gasteiger partial charge in [-0.15, -0.1) is 0 Å². The molecule has 8 aromatic rings. The fraction of sp³-hybridized carbons (Fsp3) is 0.0769. The Balaban J connectivity index is 1.22. The molecule has 0 N–H and O–H groups in total. The van der Waals surface area contributed by atoms with Crippen LogP contribution in [0.25, 0.3) is 33.4 Å². The largest absolute Gasteiger partial charge is 0.457 e. The Hall–Kier alpha value is -6.64. The van der Waals surface area contributed by atoms with Crippen LogP contribution in [-0.4, -0.2) is 0 Å². The molecule has 0 unspecified atom stereocenters. The Kier molecular flexibility index (Phi) is 6.55. The molecule has 1 spiro atoms. The average molecular weight is 692 g/mol. The molecule has 256 valence electrons. The number of hydrogen-bond acceptors (Lipinski definition) is 2. The molecule has 2 nitrogen and oxygen atoms in total. The Morgan fingerprint density at radius 2 is 0.907 bits per heavy atom. The van der Waals surface area contributed by atoms with E-state index >= 15 is 0 Å². The van der Waals surface area contributed by atoms with Crippen molar-refractivity contribution in [2.24, 2.45) is 0 Å². The van der Waals surface area contributed by atoms with Crippen LogP contribution in [0.3, 0.4) is 0 Å². The van der Waals surface area contributed by atoms with Crippen molar-refractivity contribution in [3.8, 4) is 44.9 Å². The van der Waals surface area contributed by atoms with Gasteiger partial charge in [0.15, 0.2) is 0 Å².